The number of likely N-dealkylation sites (tertiary alicyclic amines) is 1. The summed E-state index contributed by atoms with van der Waals surface area (Å²) in [5.41, 5.74) is 4.76. The van der Waals surface area contributed by atoms with Gasteiger partial charge >= 0.3 is 18.2 Å². The molecule has 84 heavy (non-hydrogen) atoms. The van der Waals surface area contributed by atoms with Crippen molar-refractivity contribution >= 4 is 70.8 Å². The molecule has 2 saturated heterocycles. The Labute approximate surface area is 497 Å². The highest BCUT2D eigenvalue weighted by atomic mass is 32.2. The predicted molar refractivity (Wildman–Crippen MR) is 312 cm³/mol. The quantitative estimate of drug-likeness (QED) is 0.0499. The second-order valence-corrected chi connectivity index (χ2v) is 25.7. The van der Waals surface area contributed by atoms with Gasteiger partial charge in [-0.3, -0.25) is 38.5 Å². The van der Waals surface area contributed by atoms with Gasteiger partial charge in [0.1, 0.15) is 12.4 Å². The number of thioether (sulfide) groups is 1. The SMILES string of the molecule is CCCC1O[C@@H]2C[C@H]3[C@@H]4CCC5=CC(=O)C=C[C@]5(C)[C@H]4[C@@H](O)C[C@]3(C)[C@]2(C(=O)COC(=O)N(C)CCN(C)C(=O)OCc2ccc(CC(=O)[C@H](CCCNC(N)=O)NC(=O)[C@@H](CC(=O)CCCCCN3C(=O)CC(SC)C3=O)C(C)C)cc2)O1. The summed E-state index contributed by atoms with van der Waals surface area (Å²) in [5, 5.41) is 17.1. The number of ketones is 4. The van der Waals surface area contributed by atoms with Gasteiger partial charge < -0.3 is 50.2 Å². The molecule has 1 aromatic rings. The van der Waals surface area contributed by atoms with Gasteiger partial charge in [-0.25, -0.2) is 14.4 Å². The number of urea groups is 1. The number of aliphatic hydroxyl groups is 1. The van der Waals surface area contributed by atoms with Crippen LogP contribution >= 0.6 is 11.8 Å². The lowest BCUT2D eigenvalue weighted by atomic mass is 9.46. The first-order valence-electron chi connectivity index (χ1n) is 29.9. The summed E-state index contributed by atoms with van der Waals surface area (Å²) < 4.78 is 24.4. The normalized spacial score (nSPS) is 28.3. The first-order chi connectivity index (χ1) is 39.9. The Bertz CT molecular complexity index is 2700. The van der Waals surface area contributed by atoms with Crippen molar-refractivity contribution in [2.24, 2.45) is 46.2 Å². The number of nitrogens with zero attached hydrogens (tertiary/aromatic N) is 3. The van der Waals surface area contributed by atoms with E-state index >= 15 is 0 Å². The third-order valence-corrected chi connectivity index (χ3v) is 19.7. The number of fused-ring (bicyclic) bond motifs is 7. The van der Waals surface area contributed by atoms with Crippen LogP contribution in [0, 0.1) is 40.4 Å². The minimum atomic E-state index is -1.46. The molecule has 21 nitrogen and oxygen atoms in total. The van der Waals surface area contributed by atoms with E-state index in [4.69, 9.17) is 24.7 Å². The van der Waals surface area contributed by atoms with Gasteiger partial charge in [0.2, 0.25) is 23.5 Å². The molecular formula is C62H88N6O15S. The van der Waals surface area contributed by atoms with Crippen molar-refractivity contribution in [1.29, 1.82) is 0 Å². The summed E-state index contributed by atoms with van der Waals surface area (Å²) in [6.45, 7) is 9.72. The van der Waals surface area contributed by atoms with Gasteiger partial charge in [0.15, 0.2) is 30.1 Å². The Balaban J connectivity index is 0.859. The number of rotatable bonds is 29. The second-order valence-electron chi connectivity index (χ2n) is 24.7. The van der Waals surface area contributed by atoms with E-state index in [1.54, 1.807) is 42.7 Å². The molecule has 0 bridgehead atoms. The molecule has 0 radical (unpaired) electrons. The van der Waals surface area contributed by atoms with E-state index in [0.717, 1.165) is 18.4 Å². The number of primary amides is 1. The number of hydrogen-bond acceptors (Lipinski definition) is 16. The van der Waals surface area contributed by atoms with Gasteiger partial charge in [0.25, 0.3) is 0 Å². The molecule has 1 aromatic carbocycles. The highest BCUT2D eigenvalue weighted by molar-refractivity contribution is 8.00. The number of carbonyl (C=O) groups is 10. The Morgan fingerprint density at radius 3 is 2.30 bits per heavy atom. The number of ether oxygens (including phenoxy) is 4. The van der Waals surface area contributed by atoms with Gasteiger partial charge in [-0.2, -0.15) is 11.8 Å². The van der Waals surface area contributed by atoms with Crippen molar-refractivity contribution in [2.75, 3.05) is 53.1 Å². The fourth-order valence-corrected chi connectivity index (χ4v) is 14.7. The third-order valence-electron chi connectivity index (χ3n) is 18.8. The molecule has 4 aliphatic carbocycles. The van der Waals surface area contributed by atoms with Crippen molar-refractivity contribution < 1.29 is 72.0 Å². The Morgan fingerprint density at radius 1 is 0.952 bits per heavy atom. The molecule has 22 heteroatoms. The van der Waals surface area contributed by atoms with Crippen LogP contribution in [0.15, 0.2) is 48.1 Å². The monoisotopic (exact) mass is 1190 g/mol. The molecule has 2 unspecified atom stereocenters. The topological polar surface area (TPSA) is 288 Å². The van der Waals surface area contributed by atoms with Crippen LogP contribution in [0.5, 0.6) is 0 Å². The van der Waals surface area contributed by atoms with E-state index in [2.05, 4.69) is 17.6 Å². The van der Waals surface area contributed by atoms with E-state index < -0.39 is 83.4 Å². The van der Waals surface area contributed by atoms with E-state index in [1.165, 1.54) is 40.6 Å². The molecular weight excluding hydrogens is 1100 g/mol. The molecule has 6 aliphatic rings. The smallest absolute Gasteiger partial charge is 0.409 e. The van der Waals surface area contributed by atoms with Crippen molar-refractivity contribution in [1.82, 2.24) is 25.3 Å². The number of Topliss-reactive ketones (excluding diaryl/α,β-unsaturated/α-hetero) is 3. The lowest BCUT2D eigenvalue weighted by Crippen LogP contribution is -2.63. The van der Waals surface area contributed by atoms with E-state index in [-0.39, 0.29) is 123 Å². The molecule has 0 aromatic heterocycles. The molecule has 12 atom stereocenters. The van der Waals surface area contributed by atoms with Gasteiger partial charge in [0.05, 0.1) is 23.5 Å². The van der Waals surface area contributed by atoms with Crippen LogP contribution in [0.2, 0.25) is 0 Å². The number of amides is 7. The third kappa shape index (κ3) is 14.6. The van der Waals surface area contributed by atoms with E-state index in [9.17, 15) is 53.1 Å². The number of aliphatic hydroxyl groups excluding tert-OH is 1. The summed E-state index contributed by atoms with van der Waals surface area (Å²) in [4.78, 5) is 134. The maximum Gasteiger partial charge on any atom is 0.409 e. The molecule has 462 valence electrons. The fourth-order valence-electron chi connectivity index (χ4n) is 14.1. The summed E-state index contributed by atoms with van der Waals surface area (Å²) in [6.07, 6.45) is 9.87. The number of nitrogens with two attached hydrogens (primary N) is 1. The standard InChI is InChI=1S/C62H88N6O15S/c1-9-14-53-82-51-32-45-43-22-21-40-30-42(70)23-24-60(40,4)54(43)48(72)34-61(45,5)62(51,83-53)50(73)36-81-59(79)67(7)28-27-66(6)58(78)80-35-39-19-17-38(18-20-39)29-47(71)46(16-13-25-64-57(63)77)65-55(75)44(37(2)3)31-41(69)15-11-10-12-26-68-52(74)33-49(84-8)56(68)76/h17-20,23-24,30,37,43-46,48-49,51,53-54,72H,9-16,21-22,25-29,31-36H2,1-8H3,(H,65,75)(H3,63,64,77)/t43-,44-,45-,46-,48-,49?,51+,53?,54+,60-,61-,62+/m0/s1. The number of carbonyl (C=O) groups excluding carboxylic acids is 10. The number of hydrogen-bond donors (Lipinski definition) is 4. The first kappa shape index (κ1) is 65.6. The molecule has 0 spiro atoms. The molecule has 7 amide bonds. The van der Waals surface area contributed by atoms with Crippen molar-refractivity contribution in [3.63, 3.8) is 0 Å². The van der Waals surface area contributed by atoms with Crippen molar-refractivity contribution in [3.8, 4) is 0 Å². The van der Waals surface area contributed by atoms with Gasteiger partial charge in [-0.15, -0.1) is 0 Å². The molecule has 5 fully saturated rings. The van der Waals surface area contributed by atoms with Crippen LogP contribution in [0.1, 0.15) is 136 Å². The molecule has 2 aliphatic heterocycles. The minimum Gasteiger partial charge on any atom is -0.445 e. The predicted octanol–water partition coefficient (Wildman–Crippen LogP) is 6.39. The van der Waals surface area contributed by atoms with Gasteiger partial charge in [0, 0.05) is 88.6 Å². The number of likely N-dealkylation sites (N-methyl/N-ethyl adjacent to an activating group) is 2. The average Bonchev–Trinajstić information content (AvgIpc) is 2.22. The summed E-state index contributed by atoms with van der Waals surface area (Å²) in [7, 11) is 3.02. The maximum absolute atomic E-state index is 14.7. The van der Waals surface area contributed by atoms with E-state index in [0.29, 0.717) is 62.6 Å². The van der Waals surface area contributed by atoms with Crippen molar-refractivity contribution in [2.45, 2.75) is 173 Å². The summed E-state index contributed by atoms with van der Waals surface area (Å²) in [5.74, 6) is -2.72. The van der Waals surface area contributed by atoms with Crippen LogP contribution in [-0.4, -0.2) is 167 Å². The average molecular weight is 1190 g/mol. The molecule has 7 rings (SSSR count). The zero-order valence-corrected chi connectivity index (χ0v) is 51.0. The lowest BCUT2D eigenvalue weighted by Gasteiger charge is -2.59. The largest absolute Gasteiger partial charge is 0.445 e. The van der Waals surface area contributed by atoms with Crippen LogP contribution in [-0.2, 0) is 65.5 Å². The number of benzene rings is 1. The van der Waals surface area contributed by atoms with Crippen LogP contribution in [0.4, 0.5) is 14.4 Å². The van der Waals surface area contributed by atoms with Crippen LogP contribution in [0.3, 0.4) is 0 Å². The zero-order chi connectivity index (χ0) is 61.3. The Kier molecular flexibility index (Phi) is 22.2. The second kappa shape index (κ2) is 28.5. The fraction of sp³-hybridized carbons (Fsp3) is 0.677. The van der Waals surface area contributed by atoms with Gasteiger partial charge in [-0.1, -0.05) is 83.4 Å². The molecule has 2 heterocycles. The zero-order valence-electron chi connectivity index (χ0n) is 50.2. The lowest BCUT2D eigenvalue weighted by molar-refractivity contribution is -0.200. The number of nitrogens with one attached hydrogen (secondary N) is 2. The van der Waals surface area contributed by atoms with Crippen LogP contribution in [0.25, 0.3) is 0 Å². The first-order valence-corrected chi connectivity index (χ1v) is 31.2. The molecule has 3 saturated carbocycles. The number of allylic oxidation sites excluding steroid dienone is 4. The summed E-state index contributed by atoms with van der Waals surface area (Å²) in [6, 6.07) is 5.22. The molecule has 5 N–H and O–H groups in total. The number of unbranched alkanes of at least 4 members (excludes halogenated alkanes) is 2. The number of imide groups is 1. The summed E-state index contributed by atoms with van der Waals surface area (Å²) >= 11 is 1.36. The van der Waals surface area contributed by atoms with Crippen LogP contribution < -0.4 is 16.4 Å². The highest BCUT2D eigenvalue weighted by Crippen LogP contribution is 2.69. The minimum absolute atomic E-state index is 0.0168. The van der Waals surface area contributed by atoms with Crippen molar-refractivity contribution in [3.05, 3.63) is 59.2 Å². The maximum atomic E-state index is 14.7. The van der Waals surface area contributed by atoms with Gasteiger partial charge in [-0.05, 0) is 105 Å². The van der Waals surface area contributed by atoms with E-state index in [1.807, 2.05) is 33.8 Å². The highest BCUT2D eigenvalue weighted by Gasteiger charge is 2.76. The Hall–Kier alpha value is -5.97. The Morgan fingerprint density at radius 2 is 1.64 bits per heavy atom.